The van der Waals surface area contributed by atoms with Crippen molar-refractivity contribution in [2.45, 2.75) is 60.5 Å². The number of aliphatic hydroxyl groups is 1. The van der Waals surface area contributed by atoms with E-state index in [2.05, 4.69) is 34.6 Å². The topological polar surface area (TPSA) is 20.2 Å². The number of hydrogen-bond acceptors (Lipinski definition) is 1. The molecule has 0 spiro atoms. The Balaban J connectivity index is 3.65. The van der Waals surface area contributed by atoms with E-state index >= 15 is 0 Å². The maximum atomic E-state index is 10.5. The average molecular weight is 220 g/mol. The van der Waals surface area contributed by atoms with Crippen LogP contribution >= 0.6 is 0 Å². The highest BCUT2D eigenvalue weighted by molar-refractivity contribution is 5.51. The van der Waals surface area contributed by atoms with E-state index in [9.17, 15) is 5.11 Å². The smallest absolute Gasteiger partial charge is 0.0871 e. The highest BCUT2D eigenvalue weighted by Gasteiger charge is 2.27. The van der Waals surface area contributed by atoms with Crippen LogP contribution in [0.5, 0.6) is 0 Å². The van der Waals surface area contributed by atoms with Crippen molar-refractivity contribution in [2.75, 3.05) is 0 Å². The molecule has 1 N–H and O–H groups in total. The van der Waals surface area contributed by atoms with Crippen molar-refractivity contribution in [1.29, 1.82) is 0 Å². The summed E-state index contributed by atoms with van der Waals surface area (Å²) >= 11 is 0. The first-order valence-electron chi connectivity index (χ1n) is 6.03. The standard InChI is InChI=1S/C15H24O/c1-8-15(7,16)14-12(5)10(3)9(2)11(4)13(14)6/h16H,8H2,1-7H3/t15-/m0/s1. The quantitative estimate of drug-likeness (QED) is 0.802. The first-order chi connectivity index (χ1) is 7.24. The van der Waals surface area contributed by atoms with Gasteiger partial charge in [-0.2, -0.15) is 0 Å². The van der Waals surface area contributed by atoms with Crippen molar-refractivity contribution in [1.82, 2.24) is 0 Å². The molecule has 1 aromatic carbocycles. The zero-order chi connectivity index (χ0) is 12.7. The van der Waals surface area contributed by atoms with Crippen molar-refractivity contribution in [3.8, 4) is 0 Å². The number of hydrogen-bond donors (Lipinski definition) is 1. The van der Waals surface area contributed by atoms with E-state index in [1.54, 1.807) is 0 Å². The van der Waals surface area contributed by atoms with Gasteiger partial charge < -0.3 is 5.11 Å². The fourth-order valence-electron chi connectivity index (χ4n) is 2.48. The largest absolute Gasteiger partial charge is 0.385 e. The van der Waals surface area contributed by atoms with Crippen LogP contribution in [-0.2, 0) is 5.60 Å². The Morgan fingerprint density at radius 3 is 1.44 bits per heavy atom. The maximum Gasteiger partial charge on any atom is 0.0871 e. The molecule has 0 aliphatic heterocycles. The molecule has 90 valence electrons. The Morgan fingerprint density at radius 1 is 0.812 bits per heavy atom. The first kappa shape index (κ1) is 13.2. The SMILES string of the molecule is CC[C@](C)(O)c1c(C)c(C)c(C)c(C)c1C. The molecule has 1 heteroatoms. The van der Waals surface area contributed by atoms with Crippen molar-refractivity contribution >= 4 is 0 Å². The van der Waals surface area contributed by atoms with E-state index < -0.39 is 5.60 Å². The summed E-state index contributed by atoms with van der Waals surface area (Å²) in [6.07, 6.45) is 0.747. The highest BCUT2D eigenvalue weighted by Crippen LogP contribution is 2.35. The maximum absolute atomic E-state index is 10.5. The molecule has 0 aliphatic carbocycles. The van der Waals surface area contributed by atoms with E-state index in [0.717, 1.165) is 12.0 Å². The van der Waals surface area contributed by atoms with Crippen LogP contribution in [0.3, 0.4) is 0 Å². The van der Waals surface area contributed by atoms with Crippen LogP contribution in [0.15, 0.2) is 0 Å². The van der Waals surface area contributed by atoms with Crippen LogP contribution < -0.4 is 0 Å². The second kappa shape index (κ2) is 4.21. The molecule has 0 heterocycles. The molecular weight excluding hydrogens is 196 g/mol. The van der Waals surface area contributed by atoms with Gasteiger partial charge in [0.05, 0.1) is 5.60 Å². The number of rotatable bonds is 2. The summed E-state index contributed by atoms with van der Waals surface area (Å²) in [6.45, 7) is 14.6. The fourth-order valence-corrected chi connectivity index (χ4v) is 2.48. The molecule has 0 aromatic heterocycles. The summed E-state index contributed by atoms with van der Waals surface area (Å²) in [5, 5.41) is 10.5. The molecule has 1 atom stereocenters. The van der Waals surface area contributed by atoms with Crippen molar-refractivity contribution in [2.24, 2.45) is 0 Å². The Labute approximate surface area is 99.5 Å². The zero-order valence-corrected chi connectivity index (χ0v) is 11.7. The van der Waals surface area contributed by atoms with Gasteiger partial charge in [0.2, 0.25) is 0 Å². The summed E-state index contributed by atoms with van der Waals surface area (Å²) in [7, 11) is 0. The normalized spacial score (nSPS) is 15.0. The minimum atomic E-state index is -0.711. The van der Waals surface area contributed by atoms with Crippen LogP contribution in [0.25, 0.3) is 0 Å². The van der Waals surface area contributed by atoms with Gasteiger partial charge in [-0.1, -0.05) is 6.92 Å². The number of benzene rings is 1. The van der Waals surface area contributed by atoms with Gasteiger partial charge in [0.1, 0.15) is 0 Å². The Kier molecular flexibility index (Phi) is 3.49. The van der Waals surface area contributed by atoms with Gasteiger partial charge in [-0.15, -0.1) is 0 Å². The molecule has 0 unspecified atom stereocenters. The lowest BCUT2D eigenvalue weighted by Gasteiger charge is -2.29. The predicted octanol–water partition coefficient (Wildman–Crippen LogP) is 3.85. The molecule has 1 rings (SSSR count). The third-order valence-corrected chi connectivity index (χ3v) is 4.23. The lowest BCUT2D eigenvalue weighted by molar-refractivity contribution is 0.0516. The van der Waals surface area contributed by atoms with Crippen LogP contribution in [0.1, 0.15) is 53.6 Å². The monoisotopic (exact) mass is 220 g/mol. The summed E-state index contributed by atoms with van der Waals surface area (Å²) < 4.78 is 0. The highest BCUT2D eigenvalue weighted by atomic mass is 16.3. The van der Waals surface area contributed by atoms with Crippen LogP contribution in [-0.4, -0.2) is 5.11 Å². The van der Waals surface area contributed by atoms with Crippen LogP contribution in [0.4, 0.5) is 0 Å². The van der Waals surface area contributed by atoms with E-state index in [1.165, 1.54) is 27.8 Å². The van der Waals surface area contributed by atoms with Gasteiger partial charge in [-0.05, 0) is 81.3 Å². The first-order valence-corrected chi connectivity index (χ1v) is 6.03. The zero-order valence-electron chi connectivity index (χ0n) is 11.7. The van der Waals surface area contributed by atoms with E-state index in [0.29, 0.717) is 0 Å². The van der Waals surface area contributed by atoms with Gasteiger partial charge in [-0.3, -0.25) is 0 Å². The molecule has 0 fully saturated rings. The molecule has 0 aliphatic rings. The van der Waals surface area contributed by atoms with Gasteiger partial charge in [0, 0.05) is 0 Å². The minimum absolute atomic E-state index is 0.711. The molecule has 16 heavy (non-hydrogen) atoms. The second-order valence-electron chi connectivity index (χ2n) is 5.13. The Bertz CT molecular complexity index is 385. The van der Waals surface area contributed by atoms with Crippen molar-refractivity contribution in [3.05, 3.63) is 33.4 Å². The van der Waals surface area contributed by atoms with Crippen LogP contribution in [0, 0.1) is 34.6 Å². The van der Waals surface area contributed by atoms with Gasteiger partial charge in [-0.25, -0.2) is 0 Å². The minimum Gasteiger partial charge on any atom is -0.385 e. The lowest BCUT2D eigenvalue weighted by Crippen LogP contribution is -2.24. The molecule has 0 saturated carbocycles. The third kappa shape index (κ3) is 1.89. The van der Waals surface area contributed by atoms with E-state index in [4.69, 9.17) is 0 Å². The molecular formula is C15H24O. The molecule has 1 nitrogen and oxygen atoms in total. The molecule has 0 amide bonds. The predicted molar refractivity (Wildman–Crippen MR) is 70.0 cm³/mol. The molecule has 1 aromatic rings. The summed E-state index contributed by atoms with van der Waals surface area (Å²) in [6, 6.07) is 0. The Morgan fingerprint density at radius 2 is 1.12 bits per heavy atom. The van der Waals surface area contributed by atoms with E-state index in [-0.39, 0.29) is 0 Å². The molecule has 0 saturated heterocycles. The van der Waals surface area contributed by atoms with Crippen molar-refractivity contribution < 1.29 is 5.11 Å². The summed E-state index contributed by atoms with van der Waals surface area (Å²) in [5.41, 5.74) is 6.87. The van der Waals surface area contributed by atoms with Crippen molar-refractivity contribution in [3.63, 3.8) is 0 Å². The van der Waals surface area contributed by atoms with E-state index in [1.807, 2.05) is 13.8 Å². The van der Waals surface area contributed by atoms with Gasteiger partial charge >= 0.3 is 0 Å². The van der Waals surface area contributed by atoms with Gasteiger partial charge in [0.25, 0.3) is 0 Å². The average Bonchev–Trinajstić information content (AvgIpc) is 2.23. The second-order valence-corrected chi connectivity index (χ2v) is 5.13. The third-order valence-electron chi connectivity index (χ3n) is 4.23. The fraction of sp³-hybridized carbons (Fsp3) is 0.600. The summed E-state index contributed by atoms with van der Waals surface area (Å²) in [5.74, 6) is 0. The van der Waals surface area contributed by atoms with Gasteiger partial charge in [0.15, 0.2) is 0 Å². The summed E-state index contributed by atoms with van der Waals surface area (Å²) in [4.78, 5) is 0. The molecule has 0 radical (unpaired) electrons. The lowest BCUT2D eigenvalue weighted by atomic mass is 9.81. The Hall–Kier alpha value is -0.820. The van der Waals surface area contributed by atoms with Crippen LogP contribution in [0.2, 0.25) is 0 Å². The molecule has 0 bridgehead atoms.